The van der Waals surface area contributed by atoms with Crippen LogP contribution in [0.15, 0.2) is 12.2 Å². The lowest BCUT2D eigenvalue weighted by Gasteiger charge is -2.21. The number of nitrogens with one attached hydrogen (secondary N) is 1. The van der Waals surface area contributed by atoms with E-state index in [2.05, 4.69) is 24.4 Å². The van der Waals surface area contributed by atoms with E-state index < -0.39 is 0 Å². The van der Waals surface area contributed by atoms with Crippen LogP contribution < -0.4 is 5.32 Å². The molecule has 1 N–H and O–H groups in total. The fraction of sp³-hybridized carbons (Fsp3) is 0.818. The van der Waals surface area contributed by atoms with Gasteiger partial charge in [0, 0.05) is 12.6 Å². The molecule has 0 aromatic carbocycles. The van der Waals surface area contributed by atoms with E-state index in [1.807, 2.05) is 0 Å². The first kappa shape index (κ1) is 8.31. The van der Waals surface area contributed by atoms with Crippen molar-refractivity contribution in [3.8, 4) is 0 Å². The maximum atomic E-state index is 3.67. The number of hydrogen-bond acceptors (Lipinski definition) is 1. The van der Waals surface area contributed by atoms with Crippen molar-refractivity contribution in [2.45, 2.75) is 45.1 Å². The minimum atomic E-state index is 0.668. The van der Waals surface area contributed by atoms with Crippen LogP contribution in [0.2, 0.25) is 0 Å². The molecule has 0 heterocycles. The van der Waals surface area contributed by atoms with Crippen LogP contribution in [0.3, 0.4) is 0 Å². The van der Waals surface area contributed by atoms with E-state index in [-0.39, 0.29) is 0 Å². The van der Waals surface area contributed by atoms with Crippen molar-refractivity contribution >= 4 is 0 Å². The average molecular weight is 165 g/mol. The molecule has 2 aliphatic carbocycles. The average Bonchev–Trinajstić information content (AvgIpc) is 2.84. The zero-order valence-electron chi connectivity index (χ0n) is 7.97. The van der Waals surface area contributed by atoms with Gasteiger partial charge in [-0.3, -0.25) is 0 Å². The fourth-order valence-corrected chi connectivity index (χ4v) is 1.76. The fourth-order valence-electron chi connectivity index (χ4n) is 1.76. The summed E-state index contributed by atoms with van der Waals surface area (Å²) in [7, 11) is 0. The lowest BCUT2D eigenvalue weighted by atomic mass is 10.0. The molecule has 0 bridgehead atoms. The van der Waals surface area contributed by atoms with Crippen LogP contribution in [0.1, 0.15) is 39.0 Å². The highest BCUT2D eigenvalue weighted by Gasteiger charge is 2.36. The molecule has 2 aliphatic rings. The Kier molecular flexibility index (Phi) is 2.22. The molecule has 2 rings (SSSR count). The highest BCUT2D eigenvalue weighted by Crippen LogP contribution is 2.44. The third-order valence-corrected chi connectivity index (χ3v) is 3.19. The van der Waals surface area contributed by atoms with Gasteiger partial charge in [0.05, 0.1) is 0 Å². The van der Waals surface area contributed by atoms with Crippen molar-refractivity contribution in [2.75, 3.05) is 6.54 Å². The summed E-state index contributed by atoms with van der Waals surface area (Å²) in [5.41, 5.74) is 0.668. The van der Waals surface area contributed by atoms with Gasteiger partial charge in [0.25, 0.3) is 0 Å². The van der Waals surface area contributed by atoms with Crippen molar-refractivity contribution in [2.24, 2.45) is 5.41 Å². The Morgan fingerprint density at radius 2 is 2.25 bits per heavy atom. The van der Waals surface area contributed by atoms with Crippen molar-refractivity contribution < 1.29 is 0 Å². The Labute approximate surface area is 75.2 Å². The molecular weight excluding hydrogens is 146 g/mol. The zero-order chi connectivity index (χ0) is 8.44. The van der Waals surface area contributed by atoms with Crippen molar-refractivity contribution in [1.82, 2.24) is 5.32 Å². The summed E-state index contributed by atoms with van der Waals surface area (Å²) in [5.74, 6) is 0. The van der Waals surface area contributed by atoms with E-state index in [1.165, 1.54) is 38.6 Å². The van der Waals surface area contributed by atoms with Gasteiger partial charge in [-0.05, 0) is 37.5 Å². The van der Waals surface area contributed by atoms with Crippen LogP contribution >= 0.6 is 0 Å². The second kappa shape index (κ2) is 3.21. The quantitative estimate of drug-likeness (QED) is 0.633. The predicted octanol–water partition coefficient (Wildman–Crippen LogP) is 2.48. The summed E-state index contributed by atoms with van der Waals surface area (Å²) in [4.78, 5) is 0. The smallest absolute Gasteiger partial charge is 0.0105 e. The monoisotopic (exact) mass is 165 g/mol. The van der Waals surface area contributed by atoms with E-state index in [1.54, 1.807) is 0 Å². The Hall–Kier alpha value is -0.300. The number of hydrogen-bond donors (Lipinski definition) is 1. The Morgan fingerprint density at radius 1 is 1.42 bits per heavy atom. The van der Waals surface area contributed by atoms with Crippen LogP contribution in [-0.4, -0.2) is 12.6 Å². The summed E-state index contributed by atoms with van der Waals surface area (Å²) < 4.78 is 0. The van der Waals surface area contributed by atoms with Crippen molar-refractivity contribution in [3.63, 3.8) is 0 Å². The molecule has 12 heavy (non-hydrogen) atoms. The molecule has 1 heteroatoms. The largest absolute Gasteiger partial charge is 0.313 e. The summed E-state index contributed by atoms with van der Waals surface area (Å²) >= 11 is 0. The summed E-state index contributed by atoms with van der Waals surface area (Å²) in [6, 6.07) is 0.771. The lowest BCUT2D eigenvalue weighted by Crippen LogP contribution is -2.33. The first-order valence-electron chi connectivity index (χ1n) is 5.17. The Bertz CT molecular complexity index is 179. The van der Waals surface area contributed by atoms with E-state index >= 15 is 0 Å². The normalized spacial score (nSPS) is 31.9. The molecule has 1 saturated carbocycles. The van der Waals surface area contributed by atoms with Crippen molar-refractivity contribution in [1.29, 1.82) is 0 Å². The first-order valence-corrected chi connectivity index (χ1v) is 5.17. The third-order valence-electron chi connectivity index (χ3n) is 3.19. The second-order valence-electron chi connectivity index (χ2n) is 4.67. The number of rotatable bonds is 3. The summed E-state index contributed by atoms with van der Waals surface area (Å²) in [6.07, 6.45) is 11.3. The van der Waals surface area contributed by atoms with E-state index in [0.29, 0.717) is 5.41 Å². The molecule has 0 aromatic rings. The van der Waals surface area contributed by atoms with E-state index in [4.69, 9.17) is 0 Å². The molecule has 68 valence electrons. The molecule has 0 radical (unpaired) electrons. The van der Waals surface area contributed by atoms with E-state index in [0.717, 1.165) is 6.04 Å². The molecule has 0 spiro atoms. The second-order valence-corrected chi connectivity index (χ2v) is 4.67. The van der Waals surface area contributed by atoms with Crippen LogP contribution in [0.25, 0.3) is 0 Å². The molecule has 1 fully saturated rings. The maximum absolute atomic E-state index is 3.67. The van der Waals surface area contributed by atoms with Gasteiger partial charge < -0.3 is 5.32 Å². The third kappa shape index (κ3) is 2.10. The summed E-state index contributed by atoms with van der Waals surface area (Å²) in [5, 5.41) is 3.67. The lowest BCUT2D eigenvalue weighted by molar-refractivity contribution is 0.412. The molecule has 0 aliphatic heterocycles. The first-order chi connectivity index (χ1) is 5.79. The van der Waals surface area contributed by atoms with Gasteiger partial charge in [-0.1, -0.05) is 19.1 Å². The van der Waals surface area contributed by atoms with Crippen LogP contribution in [0, 0.1) is 5.41 Å². The Morgan fingerprint density at radius 3 is 2.83 bits per heavy atom. The van der Waals surface area contributed by atoms with Gasteiger partial charge >= 0.3 is 0 Å². The maximum Gasteiger partial charge on any atom is 0.0105 e. The highest BCUT2D eigenvalue weighted by atomic mass is 14.9. The molecule has 0 saturated heterocycles. The van der Waals surface area contributed by atoms with Crippen LogP contribution in [0.4, 0.5) is 0 Å². The molecule has 1 atom stereocenters. The van der Waals surface area contributed by atoms with Gasteiger partial charge in [0.15, 0.2) is 0 Å². The van der Waals surface area contributed by atoms with Gasteiger partial charge in [0.2, 0.25) is 0 Å². The summed E-state index contributed by atoms with van der Waals surface area (Å²) in [6.45, 7) is 3.63. The SMILES string of the molecule is CC1(CNC2CC=CCC2)CC1. The van der Waals surface area contributed by atoms with E-state index in [9.17, 15) is 0 Å². The van der Waals surface area contributed by atoms with Gasteiger partial charge in [-0.25, -0.2) is 0 Å². The minimum Gasteiger partial charge on any atom is -0.313 e. The molecule has 0 amide bonds. The van der Waals surface area contributed by atoms with Crippen LogP contribution in [-0.2, 0) is 0 Å². The van der Waals surface area contributed by atoms with Gasteiger partial charge in [-0.15, -0.1) is 0 Å². The topological polar surface area (TPSA) is 12.0 Å². The highest BCUT2D eigenvalue weighted by molar-refractivity contribution is 4.96. The molecular formula is C11H19N. The molecule has 1 unspecified atom stereocenters. The van der Waals surface area contributed by atoms with Crippen LogP contribution in [0.5, 0.6) is 0 Å². The minimum absolute atomic E-state index is 0.668. The zero-order valence-corrected chi connectivity index (χ0v) is 7.97. The van der Waals surface area contributed by atoms with Gasteiger partial charge in [-0.2, -0.15) is 0 Å². The molecule has 0 aromatic heterocycles. The molecule has 1 nitrogen and oxygen atoms in total. The number of allylic oxidation sites excluding steroid dienone is 1. The van der Waals surface area contributed by atoms with Crippen molar-refractivity contribution in [3.05, 3.63) is 12.2 Å². The standard InChI is InChI=1S/C11H19N/c1-11(7-8-11)9-12-10-5-3-2-4-6-10/h2-3,10,12H,4-9H2,1H3. The van der Waals surface area contributed by atoms with Gasteiger partial charge in [0.1, 0.15) is 0 Å². The predicted molar refractivity (Wildman–Crippen MR) is 52.1 cm³/mol. The Balaban J connectivity index is 1.69.